The molecule has 1 N–H and O–H groups in total. The maximum Gasteiger partial charge on any atom is 0.222 e. The van der Waals surface area contributed by atoms with Gasteiger partial charge in [-0.3, -0.25) is 9.69 Å². The van der Waals surface area contributed by atoms with Crippen LogP contribution in [0.3, 0.4) is 0 Å². The molecule has 0 aromatic heterocycles. The molecule has 1 amide bonds. The Hall–Kier alpha value is -1.59. The molecule has 162 valence electrons. The first-order chi connectivity index (χ1) is 14.6. The van der Waals surface area contributed by atoms with E-state index < -0.39 is 0 Å². The molecule has 2 aliphatic heterocycles. The highest BCUT2D eigenvalue weighted by Gasteiger charge is 2.91. The Labute approximate surface area is 180 Å². The van der Waals surface area contributed by atoms with E-state index in [1.165, 1.54) is 12.8 Å². The number of hydrogen-bond acceptors (Lipinski definition) is 4. The van der Waals surface area contributed by atoms with Crippen molar-refractivity contribution in [1.29, 1.82) is 0 Å². The summed E-state index contributed by atoms with van der Waals surface area (Å²) in [5, 5.41) is 3.72. The average molecular weight is 410 g/mol. The number of rotatable bonds is 8. The van der Waals surface area contributed by atoms with Crippen LogP contribution in [0.5, 0.6) is 5.75 Å². The molecular formula is C25H35N3O2. The Morgan fingerprint density at radius 2 is 2.13 bits per heavy atom. The standard InChI is InChI=1S/C25H35N3O2/c1-16-22-25-15-17-7-8-18(30-3)14-19(17)24(16,21(25)23(25)27(22)2)9-11-26-10-5-13-28-12-4-6-20(28)29/h7-8,14,16,21-23,26H,4-6,9-13,15H2,1-3H3/t16-,21?,22-,23?,24+,25?/m0/s1. The number of nitrogens with zero attached hydrogens (tertiary/aromatic N) is 2. The lowest BCUT2D eigenvalue weighted by Crippen LogP contribution is -2.60. The van der Waals surface area contributed by atoms with Crippen molar-refractivity contribution < 1.29 is 9.53 Å². The Bertz CT molecular complexity index is 887. The Morgan fingerprint density at radius 3 is 2.90 bits per heavy atom. The van der Waals surface area contributed by atoms with Crippen LogP contribution in [0.25, 0.3) is 0 Å². The number of carbonyl (C=O) groups is 1. The molecule has 0 radical (unpaired) electrons. The summed E-state index contributed by atoms with van der Waals surface area (Å²) in [6.07, 6.45) is 5.32. The molecule has 2 heterocycles. The maximum absolute atomic E-state index is 11.8. The predicted octanol–water partition coefficient (Wildman–Crippen LogP) is 2.43. The van der Waals surface area contributed by atoms with Crippen molar-refractivity contribution in [2.24, 2.45) is 17.3 Å². The Balaban J connectivity index is 1.17. The normalized spacial score (nSPS) is 40.2. The summed E-state index contributed by atoms with van der Waals surface area (Å²) in [5.74, 6) is 2.86. The van der Waals surface area contributed by atoms with Crippen LogP contribution >= 0.6 is 0 Å². The Morgan fingerprint density at radius 1 is 1.27 bits per heavy atom. The number of hydrogen-bond donors (Lipinski definition) is 1. The second-order valence-electron chi connectivity index (χ2n) is 10.5. The molecule has 1 aromatic carbocycles. The van der Waals surface area contributed by atoms with E-state index >= 15 is 0 Å². The number of nitrogens with one attached hydrogen (secondary N) is 1. The first-order valence-electron chi connectivity index (χ1n) is 11.9. The molecule has 5 aliphatic rings. The zero-order chi connectivity index (χ0) is 20.7. The van der Waals surface area contributed by atoms with E-state index in [1.807, 2.05) is 4.90 Å². The minimum atomic E-state index is 0.294. The summed E-state index contributed by atoms with van der Waals surface area (Å²) in [4.78, 5) is 16.5. The van der Waals surface area contributed by atoms with Gasteiger partial charge in [-0.15, -0.1) is 0 Å². The molecule has 4 fully saturated rings. The van der Waals surface area contributed by atoms with Gasteiger partial charge in [0.15, 0.2) is 0 Å². The fraction of sp³-hybridized carbons (Fsp3) is 0.720. The quantitative estimate of drug-likeness (QED) is 0.670. The molecule has 6 rings (SSSR count). The van der Waals surface area contributed by atoms with Crippen LogP contribution in [0, 0.1) is 17.3 Å². The van der Waals surface area contributed by atoms with Crippen LogP contribution in [-0.2, 0) is 16.6 Å². The number of fused-ring (bicyclic) bond motifs is 2. The van der Waals surface area contributed by atoms with Gasteiger partial charge in [0, 0.05) is 42.4 Å². The second-order valence-corrected chi connectivity index (χ2v) is 10.5. The highest BCUT2D eigenvalue weighted by Crippen LogP contribution is 2.85. The van der Waals surface area contributed by atoms with Crippen molar-refractivity contribution in [1.82, 2.24) is 15.1 Å². The third kappa shape index (κ3) is 2.18. The lowest BCUT2D eigenvalue weighted by molar-refractivity contribution is -0.127. The van der Waals surface area contributed by atoms with Gasteiger partial charge in [-0.25, -0.2) is 0 Å². The molecule has 1 spiro atoms. The van der Waals surface area contributed by atoms with Crippen molar-refractivity contribution in [2.75, 3.05) is 40.3 Å². The monoisotopic (exact) mass is 409 g/mol. The third-order valence-electron chi connectivity index (χ3n) is 9.59. The number of likely N-dealkylation sites (tertiary alicyclic amines) is 2. The first-order valence-corrected chi connectivity index (χ1v) is 11.9. The molecule has 30 heavy (non-hydrogen) atoms. The number of carbonyl (C=O) groups excluding carboxylic acids is 1. The number of piperidine rings is 1. The minimum Gasteiger partial charge on any atom is -0.497 e. The fourth-order valence-corrected chi connectivity index (χ4v) is 8.63. The molecule has 1 aromatic rings. The fourth-order valence-electron chi connectivity index (χ4n) is 8.63. The summed E-state index contributed by atoms with van der Waals surface area (Å²) in [6.45, 7) is 6.44. The number of benzene rings is 1. The van der Waals surface area contributed by atoms with Crippen molar-refractivity contribution in [3.63, 3.8) is 0 Å². The van der Waals surface area contributed by atoms with Crippen LogP contribution in [-0.4, -0.2) is 68.1 Å². The minimum absolute atomic E-state index is 0.294. The van der Waals surface area contributed by atoms with Crippen LogP contribution in [0.15, 0.2) is 18.2 Å². The highest BCUT2D eigenvalue weighted by atomic mass is 16.5. The zero-order valence-electron chi connectivity index (χ0n) is 18.6. The van der Waals surface area contributed by atoms with Crippen LogP contribution < -0.4 is 10.1 Å². The zero-order valence-corrected chi connectivity index (χ0v) is 18.6. The van der Waals surface area contributed by atoms with E-state index in [4.69, 9.17) is 4.74 Å². The Kier molecular flexibility index (Phi) is 4.12. The SMILES string of the molecule is COc1ccc2c(c1)[C@]1(CCNCCCN3CCCC3=O)C3C4N(C)[C@@H]([C@@H]1C)C43C2. The molecule has 5 heteroatoms. The molecule has 3 aliphatic carbocycles. The van der Waals surface area contributed by atoms with Gasteiger partial charge in [0.05, 0.1) is 7.11 Å². The van der Waals surface area contributed by atoms with E-state index in [1.54, 1.807) is 18.2 Å². The van der Waals surface area contributed by atoms with Crippen molar-refractivity contribution in [3.8, 4) is 5.75 Å². The van der Waals surface area contributed by atoms with E-state index in [-0.39, 0.29) is 0 Å². The molecule has 5 nitrogen and oxygen atoms in total. The molecule has 2 saturated carbocycles. The van der Waals surface area contributed by atoms with Crippen molar-refractivity contribution in [3.05, 3.63) is 29.3 Å². The second kappa shape index (κ2) is 6.46. The van der Waals surface area contributed by atoms with Crippen molar-refractivity contribution >= 4 is 5.91 Å². The first kappa shape index (κ1) is 19.1. The summed E-state index contributed by atoms with van der Waals surface area (Å²) in [7, 11) is 4.14. The van der Waals surface area contributed by atoms with Gasteiger partial charge in [0.1, 0.15) is 5.75 Å². The molecule has 2 saturated heterocycles. The average Bonchev–Trinajstić information content (AvgIpc) is 3.06. The van der Waals surface area contributed by atoms with Gasteiger partial charge >= 0.3 is 0 Å². The van der Waals surface area contributed by atoms with E-state index in [2.05, 4.69) is 42.4 Å². The van der Waals surface area contributed by atoms with Crippen LogP contribution in [0.4, 0.5) is 0 Å². The van der Waals surface area contributed by atoms with Crippen LogP contribution in [0.2, 0.25) is 0 Å². The van der Waals surface area contributed by atoms with Gasteiger partial charge in [0.25, 0.3) is 0 Å². The number of methoxy groups -OCH3 is 1. The van der Waals surface area contributed by atoms with E-state index in [0.717, 1.165) is 69.2 Å². The third-order valence-corrected chi connectivity index (χ3v) is 9.59. The van der Waals surface area contributed by atoms with Gasteiger partial charge in [-0.05, 0) is 80.9 Å². The summed E-state index contributed by atoms with van der Waals surface area (Å²) >= 11 is 0. The lowest BCUT2D eigenvalue weighted by atomic mass is 9.63. The molecular weight excluding hydrogens is 374 g/mol. The van der Waals surface area contributed by atoms with Crippen LogP contribution in [0.1, 0.15) is 43.7 Å². The largest absolute Gasteiger partial charge is 0.497 e. The van der Waals surface area contributed by atoms with Gasteiger partial charge in [0.2, 0.25) is 5.91 Å². The molecule has 2 bridgehead atoms. The number of ether oxygens (including phenoxy) is 1. The maximum atomic E-state index is 11.8. The van der Waals surface area contributed by atoms with Gasteiger partial charge in [-0.2, -0.15) is 0 Å². The molecule has 3 unspecified atom stereocenters. The van der Waals surface area contributed by atoms with Gasteiger partial charge in [-0.1, -0.05) is 13.0 Å². The van der Waals surface area contributed by atoms with Crippen molar-refractivity contribution in [2.45, 2.75) is 56.5 Å². The smallest absolute Gasteiger partial charge is 0.222 e. The summed E-state index contributed by atoms with van der Waals surface area (Å²) in [6, 6.07) is 8.39. The highest BCUT2D eigenvalue weighted by molar-refractivity contribution is 5.78. The number of amides is 1. The summed E-state index contributed by atoms with van der Waals surface area (Å²) in [5.41, 5.74) is 4.01. The lowest BCUT2D eigenvalue weighted by Gasteiger charge is -2.51. The van der Waals surface area contributed by atoms with Gasteiger partial charge < -0.3 is 15.0 Å². The molecule has 6 atom stereocenters. The van der Waals surface area contributed by atoms with E-state index in [9.17, 15) is 4.79 Å². The topological polar surface area (TPSA) is 44.8 Å². The summed E-state index contributed by atoms with van der Waals surface area (Å²) < 4.78 is 5.63. The predicted molar refractivity (Wildman–Crippen MR) is 117 cm³/mol. The van der Waals surface area contributed by atoms with E-state index in [0.29, 0.717) is 22.7 Å².